The monoisotopic (exact) mass is 249 g/mol. The van der Waals surface area contributed by atoms with Crippen molar-refractivity contribution in [2.45, 2.75) is 32.4 Å². The first kappa shape index (κ1) is 13.4. The SMILES string of the molecule is COC(=O)CN(C(C)C)C1CCS(=O)(=O)C1. The summed E-state index contributed by atoms with van der Waals surface area (Å²) in [5, 5.41) is 0. The predicted octanol–water partition coefficient (Wildman–Crippen LogP) is 0.0569. The van der Waals surface area contributed by atoms with Gasteiger partial charge in [-0.3, -0.25) is 9.69 Å². The summed E-state index contributed by atoms with van der Waals surface area (Å²) in [5.41, 5.74) is 0. The Morgan fingerprint density at radius 3 is 2.50 bits per heavy atom. The minimum absolute atomic E-state index is 0.0518. The fourth-order valence-corrected chi connectivity index (χ4v) is 3.73. The van der Waals surface area contributed by atoms with E-state index in [1.165, 1.54) is 7.11 Å². The number of sulfone groups is 1. The topological polar surface area (TPSA) is 63.7 Å². The van der Waals surface area contributed by atoms with Gasteiger partial charge < -0.3 is 4.74 Å². The third-order valence-corrected chi connectivity index (χ3v) is 4.63. The molecule has 0 N–H and O–H groups in total. The molecule has 1 atom stereocenters. The van der Waals surface area contributed by atoms with Gasteiger partial charge in [0.05, 0.1) is 25.2 Å². The van der Waals surface area contributed by atoms with E-state index in [9.17, 15) is 13.2 Å². The van der Waals surface area contributed by atoms with Gasteiger partial charge in [-0.25, -0.2) is 8.42 Å². The van der Waals surface area contributed by atoms with Gasteiger partial charge in [0.2, 0.25) is 0 Å². The summed E-state index contributed by atoms with van der Waals surface area (Å²) >= 11 is 0. The fraction of sp³-hybridized carbons (Fsp3) is 0.900. The van der Waals surface area contributed by atoms with E-state index in [1.807, 2.05) is 18.7 Å². The smallest absolute Gasteiger partial charge is 0.319 e. The van der Waals surface area contributed by atoms with Gasteiger partial charge in [0, 0.05) is 12.1 Å². The molecule has 94 valence electrons. The molecule has 0 aromatic heterocycles. The molecule has 0 radical (unpaired) electrons. The normalized spacial score (nSPS) is 23.9. The number of rotatable bonds is 4. The molecule has 1 fully saturated rings. The summed E-state index contributed by atoms with van der Waals surface area (Å²) < 4.78 is 27.4. The third-order valence-electron chi connectivity index (χ3n) is 2.88. The van der Waals surface area contributed by atoms with Crippen LogP contribution in [0.4, 0.5) is 0 Å². The van der Waals surface area contributed by atoms with Crippen molar-refractivity contribution in [3.8, 4) is 0 Å². The summed E-state index contributed by atoms with van der Waals surface area (Å²) in [5.74, 6) is 0.0579. The van der Waals surface area contributed by atoms with Crippen molar-refractivity contribution in [2.75, 3.05) is 25.2 Å². The van der Waals surface area contributed by atoms with Crippen molar-refractivity contribution in [1.29, 1.82) is 0 Å². The number of hydrogen-bond donors (Lipinski definition) is 0. The Bertz CT molecular complexity index is 350. The molecular formula is C10H19NO4S. The maximum atomic E-state index is 11.4. The first-order valence-corrected chi connectivity index (χ1v) is 7.21. The van der Waals surface area contributed by atoms with Crippen LogP contribution in [0, 0.1) is 0 Å². The standard InChI is InChI=1S/C10H19NO4S/c1-8(2)11(6-10(12)15-3)9-4-5-16(13,14)7-9/h8-9H,4-7H2,1-3H3. The quantitative estimate of drug-likeness (QED) is 0.659. The van der Waals surface area contributed by atoms with E-state index < -0.39 is 9.84 Å². The highest BCUT2D eigenvalue weighted by Gasteiger charge is 2.34. The van der Waals surface area contributed by atoms with Crippen LogP contribution in [0.15, 0.2) is 0 Å². The van der Waals surface area contributed by atoms with E-state index in [-0.39, 0.29) is 36.1 Å². The molecule has 0 aliphatic carbocycles. The van der Waals surface area contributed by atoms with Crippen LogP contribution in [-0.4, -0.2) is 56.5 Å². The number of ether oxygens (including phenoxy) is 1. The highest BCUT2D eigenvalue weighted by molar-refractivity contribution is 7.91. The van der Waals surface area contributed by atoms with Crippen molar-refractivity contribution in [2.24, 2.45) is 0 Å². The average molecular weight is 249 g/mol. The van der Waals surface area contributed by atoms with Crippen molar-refractivity contribution in [3.05, 3.63) is 0 Å². The van der Waals surface area contributed by atoms with E-state index in [4.69, 9.17) is 0 Å². The van der Waals surface area contributed by atoms with Crippen LogP contribution in [0.1, 0.15) is 20.3 Å². The van der Waals surface area contributed by atoms with Crippen LogP contribution < -0.4 is 0 Å². The van der Waals surface area contributed by atoms with Gasteiger partial charge in [-0.05, 0) is 20.3 Å². The molecule has 1 saturated heterocycles. The minimum atomic E-state index is -2.91. The minimum Gasteiger partial charge on any atom is -0.468 e. The van der Waals surface area contributed by atoms with E-state index in [0.717, 1.165) is 0 Å². The van der Waals surface area contributed by atoms with Crippen LogP contribution in [0.5, 0.6) is 0 Å². The molecule has 16 heavy (non-hydrogen) atoms. The zero-order valence-electron chi connectivity index (χ0n) is 9.97. The van der Waals surface area contributed by atoms with Crippen LogP contribution >= 0.6 is 0 Å². The lowest BCUT2D eigenvalue weighted by molar-refractivity contribution is -0.143. The number of esters is 1. The molecule has 5 nitrogen and oxygen atoms in total. The van der Waals surface area contributed by atoms with Gasteiger partial charge in [0.25, 0.3) is 0 Å². The summed E-state index contributed by atoms with van der Waals surface area (Å²) in [6.07, 6.45) is 0.609. The molecule has 0 spiro atoms. The molecule has 1 unspecified atom stereocenters. The summed E-state index contributed by atoms with van der Waals surface area (Å²) in [6.45, 7) is 4.07. The second kappa shape index (κ2) is 5.14. The fourth-order valence-electron chi connectivity index (χ4n) is 1.98. The van der Waals surface area contributed by atoms with Gasteiger partial charge in [0.1, 0.15) is 0 Å². The molecular weight excluding hydrogens is 230 g/mol. The summed E-state index contributed by atoms with van der Waals surface area (Å²) in [6, 6.07) is 0.0847. The van der Waals surface area contributed by atoms with Gasteiger partial charge >= 0.3 is 5.97 Å². The van der Waals surface area contributed by atoms with Crippen molar-refractivity contribution in [3.63, 3.8) is 0 Å². The molecule has 0 bridgehead atoms. The zero-order valence-corrected chi connectivity index (χ0v) is 10.8. The lowest BCUT2D eigenvalue weighted by atomic mass is 10.2. The van der Waals surface area contributed by atoms with E-state index in [1.54, 1.807) is 0 Å². The van der Waals surface area contributed by atoms with Crippen LogP contribution in [0.25, 0.3) is 0 Å². The molecule has 0 amide bonds. The number of hydrogen-bond acceptors (Lipinski definition) is 5. The van der Waals surface area contributed by atoms with E-state index >= 15 is 0 Å². The van der Waals surface area contributed by atoms with E-state index in [0.29, 0.717) is 6.42 Å². The highest BCUT2D eigenvalue weighted by Crippen LogP contribution is 2.19. The average Bonchev–Trinajstić information content (AvgIpc) is 2.54. The Hall–Kier alpha value is -0.620. The van der Waals surface area contributed by atoms with E-state index in [2.05, 4.69) is 4.74 Å². The Labute approximate surface area is 96.7 Å². The maximum absolute atomic E-state index is 11.4. The van der Waals surface area contributed by atoms with Crippen molar-refractivity contribution >= 4 is 15.8 Å². The van der Waals surface area contributed by atoms with Crippen molar-refractivity contribution in [1.82, 2.24) is 4.90 Å². The second-order valence-electron chi connectivity index (χ2n) is 4.40. The van der Waals surface area contributed by atoms with Crippen LogP contribution in [-0.2, 0) is 19.4 Å². The van der Waals surface area contributed by atoms with Gasteiger partial charge in [-0.1, -0.05) is 0 Å². The number of methoxy groups -OCH3 is 1. The Morgan fingerprint density at radius 2 is 2.12 bits per heavy atom. The molecule has 6 heteroatoms. The molecule has 1 heterocycles. The largest absolute Gasteiger partial charge is 0.468 e. The third kappa shape index (κ3) is 3.45. The Morgan fingerprint density at radius 1 is 1.50 bits per heavy atom. The predicted molar refractivity (Wildman–Crippen MR) is 60.9 cm³/mol. The molecule has 0 aromatic carbocycles. The lowest BCUT2D eigenvalue weighted by Gasteiger charge is -2.30. The van der Waals surface area contributed by atoms with Gasteiger partial charge in [0.15, 0.2) is 9.84 Å². The Kier molecular flexibility index (Phi) is 4.32. The molecule has 0 saturated carbocycles. The zero-order chi connectivity index (χ0) is 12.3. The highest BCUT2D eigenvalue weighted by atomic mass is 32.2. The first-order chi connectivity index (χ1) is 7.35. The molecule has 1 rings (SSSR count). The van der Waals surface area contributed by atoms with Crippen LogP contribution in [0.2, 0.25) is 0 Å². The molecule has 0 aromatic rings. The number of nitrogens with zero attached hydrogens (tertiary/aromatic N) is 1. The maximum Gasteiger partial charge on any atom is 0.319 e. The first-order valence-electron chi connectivity index (χ1n) is 5.38. The summed E-state index contributed by atoms with van der Waals surface area (Å²) in [7, 11) is -1.57. The second-order valence-corrected chi connectivity index (χ2v) is 6.63. The van der Waals surface area contributed by atoms with Crippen LogP contribution in [0.3, 0.4) is 0 Å². The molecule has 1 aliphatic rings. The number of carbonyl (C=O) groups excluding carboxylic acids is 1. The van der Waals surface area contributed by atoms with Gasteiger partial charge in [-0.15, -0.1) is 0 Å². The molecule has 1 aliphatic heterocycles. The lowest BCUT2D eigenvalue weighted by Crippen LogP contribution is -2.44. The van der Waals surface area contributed by atoms with Crippen molar-refractivity contribution < 1.29 is 17.9 Å². The summed E-state index contributed by atoms with van der Waals surface area (Å²) in [4.78, 5) is 13.1. The number of carbonyl (C=O) groups is 1. The Balaban J connectivity index is 2.68. The van der Waals surface area contributed by atoms with Gasteiger partial charge in [-0.2, -0.15) is 0 Å².